The van der Waals surface area contributed by atoms with Crippen LogP contribution in [0.2, 0.25) is 0 Å². The summed E-state index contributed by atoms with van der Waals surface area (Å²) >= 11 is 0. The lowest BCUT2D eigenvalue weighted by atomic mass is 10.2. The Bertz CT molecular complexity index is 503. The molecule has 0 aromatic heterocycles. The summed E-state index contributed by atoms with van der Waals surface area (Å²) in [5.41, 5.74) is 0.888. The Labute approximate surface area is 124 Å². The molecule has 7 heteroatoms. The van der Waals surface area contributed by atoms with Crippen LogP contribution in [0, 0.1) is 10.1 Å². The van der Waals surface area contributed by atoms with Crippen molar-refractivity contribution in [3.63, 3.8) is 0 Å². The minimum atomic E-state index is -0.422. The van der Waals surface area contributed by atoms with Crippen molar-refractivity contribution in [1.29, 1.82) is 0 Å². The number of nitro benzene ring substituents is 1. The van der Waals surface area contributed by atoms with Gasteiger partial charge >= 0.3 is 5.69 Å². The van der Waals surface area contributed by atoms with Gasteiger partial charge in [0.25, 0.3) is 0 Å². The Morgan fingerprint density at radius 1 is 1.29 bits per heavy atom. The molecule has 0 saturated heterocycles. The highest BCUT2D eigenvalue weighted by Crippen LogP contribution is 2.32. The van der Waals surface area contributed by atoms with E-state index >= 15 is 0 Å². The first kappa shape index (κ1) is 16.7. The average molecular weight is 294 g/mol. The third-order valence-electron chi connectivity index (χ3n) is 2.70. The number of amides is 1. The number of nitrogens with one attached hydrogen (secondary N) is 3. The van der Waals surface area contributed by atoms with Crippen molar-refractivity contribution < 1.29 is 9.72 Å². The van der Waals surface area contributed by atoms with Gasteiger partial charge in [0.05, 0.1) is 4.92 Å². The van der Waals surface area contributed by atoms with Crippen molar-refractivity contribution in [2.45, 2.75) is 33.2 Å². The lowest BCUT2D eigenvalue weighted by molar-refractivity contribution is -0.383. The number of anilines is 2. The summed E-state index contributed by atoms with van der Waals surface area (Å²) in [6.45, 7) is 6.59. The van der Waals surface area contributed by atoms with Crippen LogP contribution in [0.15, 0.2) is 18.2 Å². The number of carbonyl (C=O) groups is 1. The van der Waals surface area contributed by atoms with Gasteiger partial charge in [-0.1, -0.05) is 6.07 Å². The van der Waals surface area contributed by atoms with Crippen LogP contribution in [0.25, 0.3) is 0 Å². The molecule has 0 unspecified atom stereocenters. The maximum Gasteiger partial charge on any atom is 0.315 e. The van der Waals surface area contributed by atoms with E-state index in [-0.39, 0.29) is 24.1 Å². The van der Waals surface area contributed by atoms with Crippen molar-refractivity contribution in [2.75, 3.05) is 23.7 Å². The topological polar surface area (TPSA) is 96.3 Å². The SMILES string of the molecule is CCNc1cccc(NCCC(=O)NC(C)C)c1[N+](=O)[O-]. The first-order chi connectivity index (χ1) is 9.95. The summed E-state index contributed by atoms with van der Waals surface area (Å²) < 4.78 is 0. The van der Waals surface area contributed by atoms with Crippen molar-refractivity contribution in [3.8, 4) is 0 Å². The monoisotopic (exact) mass is 294 g/mol. The molecular formula is C14H22N4O3. The summed E-state index contributed by atoms with van der Waals surface area (Å²) in [6, 6.07) is 5.13. The van der Waals surface area contributed by atoms with Crippen LogP contribution in [0.5, 0.6) is 0 Å². The van der Waals surface area contributed by atoms with Crippen LogP contribution in [-0.2, 0) is 4.79 Å². The van der Waals surface area contributed by atoms with Crippen molar-refractivity contribution in [3.05, 3.63) is 28.3 Å². The van der Waals surface area contributed by atoms with Gasteiger partial charge in [-0.15, -0.1) is 0 Å². The number of hydrogen-bond donors (Lipinski definition) is 3. The fourth-order valence-corrected chi connectivity index (χ4v) is 1.92. The summed E-state index contributed by atoms with van der Waals surface area (Å²) in [6.07, 6.45) is 0.265. The lowest BCUT2D eigenvalue weighted by Gasteiger charge is -2.11. The van der Waals surface area contributed by atoms with E-state index in [2.05, 4.69) is 16.0 Å². The van der Waals surface area contributed by atoms with Crippen LogP contribution in [0.4, 0.5) is 17.1 Å². The molecule has 0 radical (unpaired) electrons. The smallest absolute Gasteiger partial charge is 0.315 e. The molecule has 0 saturated carbocycles. The molecule has 0 spiro atoms. The molecule has 1 rings (SSSR count). The first-order valence-electron chi connectivity index (χ1n) is 7.00. The maximum absolute atomic E-state index is 11.5. The van der Waals surface area contributed by atoms with Crippen LogP contribution >= 0.6 is 0 Å². The van der Waals surface area contributed by atoms with E-state index in [1.807, 2.05) is 20.8 Å². The van der Waals surface area contributed by atoms with E-state index in [0.29, 0.717) is 24.5 Å². The van der Waals surface area contributed by atoms with E-state index < -0.39 is 4.92 Å². The minimum absolute atomic E-state index is 0.00335. The molecule has 0 heterocycles. The molecule has 3 N–H and O–H groups in total. The fraction of sp³-hybridized carbons (Fsp3) is 0.500. The number of hydrogen-bond acceptors (Lipinski definition) is 5. The Hall–Kier alpha value is -2.31. The normalized spacial score (nSPS) is 10.3. The van der Waals surface area contributed by atoms with Gasteiger partial charge < -0.3 is 16.0 Å². The highest BCUT2D eigenvalue weighted by atomic mass is 16.6. The third kappa shape index (κ3) is 5.29. The molecule has 0 fully saturated rings. The van der Waals surface area contributed by atoms with Crippen molar-refractivity contribution >= 4 is 23.0 Å². The number of rotatable bonds is 8. The summed E-state index contributed by atoms with van der Waals surface area (Å²) in [5, 5.41) is 19.9. The maximum atomic E-state index is 11.5. The molecule has 1 amide bonds. The lowest BCUT2D eigenvalue weighted by Crippen LogP contribution is -2.31. The minimum Gasteiger partial charge on any atom is -0.380 e. The van der Waals surface area contributed by atoms with Gasteiger partial charge in [-0.2, -0.15) is 0 Å². The summed E-state index contributed by atoms with van der Waals surface area (Å²) in [5.74, 6) is -0.0806. The van der Waals surface area contributed by atoms with E-state index in [4.69, 9.17) is 0 Å². The van der Waals surface area contributed by atoms with Gasteiger partial charge in [0.1, 0.15) is 11.4 Å². The second-order valence-corrected chi connectivity index (χ2v) is 4.89. The van der Waals surface area contributed by atoms with E-state index in [9.17, 15) is 14.9 Å². The number of nitro groups is 1. The Balaban J connectivity index is 2.72. The van der Waals surface area contributed by atoms with Crippen molar-refractivity contribution in [1.82, 2.24) is 5.32 Å². The molecule has 0 aliphatic rings. The Morgan fingerprint density at radius 2 is 1.90 bits per heavy atom. The van der Waals surface area contributed by atoms with Gasteiger partial charge in [0.2, 0.25) is 5.91 Å². The van der Waals surface area contributed by atoms with Gasteiger partial charge in [-0.05, 0) is 32.9 Å². The standard InChI is InChI=1S/C14H22N4O3/c1-4-15-11-6-5-7-12(14(11)18(20)21)16-9-8-13(19)17-10(2)3/h5-7,10,15-16H,4,8-9H2,1-3H3,(H,17,19). The van der Waals surface area contributed by atoms with Crippen LogP contribution in [0.1, 0.15) is 27.2 Å². The number of benzene rings is 1. The van der Waals surface area contributed by atoms with Crippen LogP contribution in [-0.4, -0.2) is 30.0 Å². The molecule has 1 aromatic carbocycles. The molecule has 1 aromatic rings. The predicted octanol–water partition coefficient (Wildman–Crippen LogP) is 2.35. The zero-order chi connectivity index (χ0) is 15.8. The van der Waals surface area contributed by atoms with Gasteiger partial charge in [-0.25, -0.2) is 0 Å². The molecular weight excluding hydrogens is 272 g/mol. The largest absolute Gasteiger partial charge is 0.380 e. The van der Waals surface area contributed by atoms with E-state index in [1.165, 1.54) is 0 Å². The van der Waals surface area contributed by atoms with E-state index in [1.54, 1.807) is 18.2 Å². The van der Waals surface area contributed by atoms with Gasteiger partial charge in [-0.3, -0.25) is 14.9 Å². The summed E-state index contributed by atoms with van der Waals surface area (Å²) in [7, 11) is 0. The van der Waals surface area contributed by atoms with Crippen LogP contribution < -0.4 is 16.0 Å². The molecule has 0 bridgehead atoms. The first-order valence-corrected chi connectivity index (χ1v) is 7.00. The Kier molecular flexibility index (Phi) is 6.45. The Morgan fingerprint density at radius 3 is 2.43 bits per heavy atom. The van der Waals surface area contributed by atoms with Crippen LogP contribution in [0.3, 0.4) is 0 Å². The third-order valence-corrected chi connectivity index (χ3v) is 2.70. The second kappa shape index (κ2) is 8.08. The van der Waals surface area contributed by atoms with E-state index in [0.717, 1.165) is 0 Å². The van der Waals surface area contributed by atoms with Gasteiger partial charge in [0, 0.05) is 25.6 Å². The zero-order valence-electron chi connectivity index (χ0n) is 12.6. The predicted molar refractivity (Wildman–Crippen MR) is 83.6 cm³/mol. The number of carbonyl (C=O) groups excluding carboxylic acids is 1. The summed E-state index contributed by atoms with van der Waals surface area (Å²) in [4.78, 5) is 22.3. The molecule has 0 aliphatic carbocycles. The number of para-hydroxylation sites is 1. The fourth-order valence-electron chi connectivity index (χ4n) is 1.92. The second-order valence-electron chi connectivity index (χ2n) is 4.89. The molecule has 7 nitrogen and oxygen atoms in total. The highest BCUT2D eigenvalue weighted by Gasteiger charge is 2.19. The zero-order valence-corrected chi connectivity index (χ0v) is 12.6. The average Bonchev–Trinajstić information content (AvgIpc) is 2.38. The molecule has 0 atom stereocenters. The van der Waals surface area contributed by atoms with Crippen molar-refractivity contribution in [2.24, 2.45) is 0 Å². The molecule has 21 heavy (non-hydrogen) atoms. The number of nitrogens with zero attached hydrogens (tertiary/aromatic N) is 1. The van der Waals surface area contributed by atoms with Gasteiger partial charge in [0.15, 0.2) is 0 Å². The quantitative estimate of drug-likeness (QED) is 0.505. The molecule has 116 valence electrons. The highest BCUT2D eigenvalue weighted by molar-refractivity contribution is 5.78. The molecule has 0 aliphatic heterocycles.